The van der Waals surface area contributed by atoms with E-state index in [0.29, 0.717) is 12.1 Å². The number of carbonyl (C=O) groups is 1. The smallest absolute Gasteiger partial charge is 0.416 e. The quantitative estimate of drug-likeness (QED) is 0.730. The van der Waals surface area contributed by atoms with Crippen molar-refractivity contribution in [1.82, 2.24) is 0 Å². The SMILES string of the molecule is COC(=O)CC(O)C(O)c1cc(O)cc(C(F)(F)F)c1. The van der Waals surface area contributed by atoms with E-state index in [2.05, 4.69) is 4.74 Å². The van der Waals surface area contributed by atoms with Gasteiger partial charge in [-0.15, -0.1) is 0 Å². The lowest BCUT2D eigenvalue weighted by Gasteiger charge is -2.18. The van der Waals surface area contributed by atoms with Crippen LogP contribution < -0.4 is 0 Å². The molecule has 8 heteroatoms. The van der Waals surface area contributed by atoms with E-state index in [1.54, 1.807) is 0 Å². The maximum atomic E-state index is 12.5. The lowest BCUT2D eigenvalue weighted by molar-refractivity contribution is -0.145. The minimum absolute atomic E-state index is 0.353. The number of alkyl halides is 3. The molecule has 3 N–H and O–H groups in total. The Kier molecular flexibility index (Phi) is 4.96. The van der Waals surface area contributed by atoms with Crippen molar-refractivity contribution in [3.8, 4) is 5.75 Å². The third-order valence-corrected chi connectivity index (χ3v) is 2.58. The van der Waals surface area contributed by atoms with Crippen LogP contribution in [0.5, 0.6) is 5.75 Å². The van der Waals surface area contributed by atoms with Crippen LogP contribution in [0.25, 0.3) is 0 Å². The van der Waals surface area contributed by atoms with Gasteiger partial charge in [0.1, 0.15) is 11.9 Å². The van der Waals surface area contributed by atoms with Gasteiger partial charge in [-0.1, -0.05) is 0 Å². The third-order valence-electron chi connectivity index (χ3n) is 2.58. The molecule has 0 aromatic heterocycles. The Morgan fingerprint density at radius 1 is 1.30 bits per heavy atom. The maximum Gasteiger partial charge on any atom is 0.416 e. The van der Waals surface area contributed by atoms with Crippen molar-refractivity contribution in [3.05, 3.63) is 29.3 Å². The zero-order valence-electron chi connectivity index (χ0n) is 10.4. The summed E-state index contributed by atoms with van der Waals surface area (Å²) in [7, 11) is 1.07. The highest BCUT2D eigenvalue weighted by Crippen LogP contribution is 2.34. The van der Waals surface area contributed by atoms with E-state index in [-0.39, 0.29) is 5.56 Å². The van der Waals surface area contributed by atoms with E-state index in [1.165, 1.54) is 0 Å². The first kappa shape index (κ1) is 16.3. The third kappa shape index (κ3) is 4.10. The van der Waals surface area contributed by atoms with Gasteiger partial charge in [-0.3, -0.25) is 4.79 Å². The highest BCUT2D eigenvalue weighted by Gasteiger charge is 2.32. The number of aromatic hydroxyl groups is 1. The summed E-state index contributed by atoms with van der Waals surface area (Å²) in [5.41, 5.74) is -1.52. The molecule has 1 rings (SSSR count). The molecule has 1 aromatic rings. The van der Waals surface area contributed by atoms with Gasteiger partial charge in [-0.25, -0.2) is 0 Å². The van der Waals surface area contributed by atoms with Crippen molar-refractivity contribution in [2.45, 2.75) is 24.8 Å². The van der Waals surface area contributed by atoms with Gasteiger partial charge in [0.25, 0.3) is 0 Å². The average molecular weight is 294 g/mol. The molecule has 2 unspecified atom stereocenters. The summed E-state index contributed by atoms with van der Waals surface area (Å²) in [5.74, 6) is -1.54. The second-order valence-corrected chi connectivity index (χ2v) is 4.10. The van der Waals surface area contributed by atoms with E-state index in [4.69, 9.17) is 0 Å². The number of phenolic OH excluding ortho intramolecular Hbond substituents is 1. The number of phenols is 1. The molecule has 0 spiro atoms. The fraction of sp³-hybridized carbons (Fsp3) is 0.417. The standard InChI is InChI=1S/C12H13F3O5/c1-20-10(18)5-9(17)11(19)6-2-7(12(13,14)15)4-8(16)3-6/h2-4,9,11,16-17,19H,5H2,1H3. The van der Waals surface area contributed by atoms with Crippen molar-refractivity contribution in [1.29, 1.82) is 0 Å². The van der Waals surface area contributed by atoms with E-state index in [9.17, 15) is 33.3 Å². The monoisotopic (exact) mass is 294 g/mol. The van der Waals surface area contributed by atoms with Gasteiger partial charge in [0.05, 0.1) is 25.2 Å². The van der Waals surface area contributed by atoms with Crippen LogP contribution in [0.3, 0.4) is 0 Å². The number of hydrogen-bond acceptors (Lipinski definition) is 5. The predicted octanol–water partition coefficient (Wildman–Crippen LogP) is 1.37. The molecule has 5 nitrogen and oxygen atoms in total. The van der Waals surface area contributed by atoms with Crippen molar-refractivity contribution in [3.63, 3.8) is 0 Å². The Balaban J connectivity index is 3.01. The molecular formula is C12H13F3O5. The summed E-state index contributed by atoms with van der Waals surface area (Å²) in [6.45, 7) is 0. The molecule has 2 atom stereocenters. The molecule has 0 radical (unpaired) electrons. The van der Waals surface area contributed by atoms with Crippen LogP contribution in [0.1, 0.15) is 23.7 Å². The first-order valence-corrected chi connectivity index (χ1v) is 5.49. The number of hydrogen-bond donors (Lipinski definition) is 3. The molecular weight excluding hydrogens is 281 g/mol. The molecule has 1 aromatic carbocycles. The van der Waals surface area contributed by atoms with Gasteiger partial charge in [0.2, 0.25) is 0 Å². The molecule has 0 saturated carbocycles. The van der Waals surface area contributed by atoms with Crippen LogP contribution in [0.4, 0.5) is 13.2 Å². The Morgan fingerprint density at radius 3 is 2.40 bits per heavy atom. The molecule has 0 aliphatic rings. The number of rotatable bonds is 4. The number of benzene rings is 1. The van der Waals surface area contributed by atoms with Crippen LogP contribution >= 0.6 is 0 Å². The Labute approximate surface area is 112 Å². The van der Waals surface area contributed by atoms with Crippen LogP contribution in [-0.2, 0) is 15.7 Å². The molecule has 0 bridgehead atoms. The predicted molar refractivity (Wildman–Crippen MR) is 60.7 cm³/mol. The molecule has 0 aliphatic carbocycles. The van der Waals surface area contributed by atoms with Gasteiger partial charge in [-0.05, 0) is 23.8 Å². The van der Waals surface area contributed by atoms with Crippen LogP contribution in [0, 0.1) is 0 Å². The van der Waals surface area contributed by atoms with Crippen LogP contribution in [-0.4, -0.2) is 34.5 Å². The molecule has 0 amide bonds. The lowest BCUT2D eigenvalue weighted by atomic mass is 9.99. The average Bonchev–Trinajstić information content (AvgIpc) is 2.35. The van der Waals surface area contributed by atoms with Crippen LogP contribution in [0.15, 0.2) is 18.2 Å². The number of ether oxygens (including phenoxy) is 1. The second kappa shape index (κ2) is 6.10. The van der Waals surface area contributed by atoms with E-state index < -0.39 is 42.1 Å². The van der Waals surface area contributed by atoms with Crippen molar-refractivity contribution in [2.24, 2.45) is 0 Å². The number of carbonyl (C=O) groups excluding carboxylic acids is 1. The van der Waals surface area contributed by atoms with Gasteiger partial charge in [0, 0.05) is 0 Å². The number of methoxy groups -OCH3 is 1. The molecule has 20 heavy (non-hydrogen) atoms. The number of esters is 1. The number of aliphatic hydroxyl groups is 2. The minimum Gasteiger partial charge on any atom is -0.508 e. The maximum absolute atomic E-state index is 12.5. The molecule has 0 heterocycles. The first-order valence-electron chi connectivity index (χ1n) is 5.49. The normalized spacial score (nSPS) is 14.7. The largest absolute Gasteiger partial charge is 0.508 e. The molecule has 0 aliphatic heterocycles. The zero-order valence-corrected chi connectivity index (χ0v) is 10.4. The first-order chi connectivity index (χ1) is 9.15. The molecule has 112 valence electrons. The second-order valence-electron chi connectivity index (χ2n) is 4.10. The zero-order chi connectivity index (χ0) is 15.5. The van der Waals surface area contributed by atoms with Gasteiger partial charge in [0.15, 0.2) is 0 Å². The summed E-state index contributed by atoms with van der Waals surface area (Å²) in [6.07, 6.45) is -8.71. The van der Waals surface area contributed by atoms with Gasteiger partial charge >= 0.3 is 12.1 Å². The fourth-order valence-corrected chi connectivity index (χ4v) is 1.56. The fourth-order valence-electron chi connectivity index (χ4n) is 1.56. The summed E-state index contributed by atoms with van der Waals surface area (Å²) in [5, 5.41) is 28.5. The van der Waals surface area contributed by atoms with E-state index in [0.717, 1.165) is 13.2 Å². The Hall–Kier alpha value is -1.80. The Bertz CT molecular complexity index is 486. The lowest BCUT2D eigenvalue weighted by Crippen LogP contribution is -2.23. The van der Waals surface area contributed by atoms with Gasteiger partial charge < -0.3 is 20.1 Å². The van der Waals surface area contributed by atoms with Crippen molar-refractivity contribution in [2.75, 3.05) is 7.11 Å². The van der Waals surface area contributed by atoms with E-state index >= 15 is 0 Å². The summed E-state index contributed by atoms with van der Waals surface area (Å²) in [6, 6.07) is 1.95. The summed E-state index contributed by atoms with van der Waals surface area (Å²) in [4.78, 5) is 10.9. The summed E-state index contributed by atoms with van der Waals surface area (Å²) < 4.78 is 41.9. The molecule has 0 fully saturated rings. The highest BCUT2D eigenvalue weighted by molar-refractivity contribution is 5.69. The van der Waals surface area contributed by atoms with Crippen LogP contribution in [0.2, 0.25) is 0 Å². The topological polar surface area (TPSA) is 87.0 Å². The minimum atomic E-state index is -4.71. The number of halogens is 3. The summed E-state index contributed by atoms with van der Waals surface area (Å²) >= 11 is 0. The molecule has 0 saturated heterocycles. The van der Waals surface area contributed by atoms with Crippen molar-refractivity contribution < 1.29 is 38.0 Å². The Morgan fingerprint density at radius 2 is 1.90 bits per heavy atom. The highest BCUT2D eigenvalue weighted by atomic mass is 19.4. The van der Waals surface area contributed by atoms with Gasteiger partial charge in [-0.2, -0.15) is 13.2 Å². The van der Waals surface area contributed by atoms with E-state index in [1.807, 2.05) is 0 Å². The van der Waals surface area contributed by atoms with Crippen molar-refractivity contribution >= 4 is 5.97 Å². The number of aliphatic hydroxyl groups excluding tert-OH is 2.